The Morgan fingerprint density at radius 3 is 2.62 bits per heavy atom. The van der Waals surface area contributed by atoms with Gasteiger partial charge in [0.25, 0.3) is 5.91 Å². The molecule has 0 saturated carbocycles. The highest BCUT2D eigenvalue weighted by atomic mass is 16.2. The molecule has 1 amide bonds. The van der Waals surface area contributed by atoms with Gasteiger partial charge in [-0.15, -0.1) is 0 Å². The number of hydrogen-bond acceptors (Lipinski definition) is 4. The number of anilines is 1. The molecule has 1 saturated heterocycles. The van der Waals surface area contributed by atoms with E-state index in [0.717, 1.165) is 62.6 Å². The summed E-state index contributed by atoms with van der Waals surface area (Å²) in [5.41, 5.74) is 1.84. The van der Waals surface area contributed by atoms with Gasteiger partial charge >= 0.3 is 0 Å². The van der Waals surface area contributed by atoms with Crippen molar-refractivity contribution in [1.82, 2.24) is 15.2 Å². The van der Waals surface area contributed by atoms with Gasteiger partial charge in [-0.05, 0) is 56.5 Å². The van der Waals surface area contributed by atoms with Crippen molar-refractivity contribution in [2.45, 2.75) is 26.3 Å². The number of rotatable bonds is 7. The maximum absolute atomic E-state index is 12.5. The van der Waals surface area contributed by atoms with E-state index in [-0.39, 0.29) is 5.91 Å². The van der Waals surface area contributed by atoms with Gasteiger partial charge in [-0.3, -0.25) is 4.79 Å². The fourth-order valence-corrected chi connectivity index (χ4v) is 3.37. The smallest absolute Gasteiger partial charge is 0.253 e. The monoisotopic (exact) mass is 352 g/mol. The lowest BCUT2D eigenvalue weighted by Gasteiger charge is -2.32. The molecule has 0 spiro atoms. The van der Waals surface area contributed by atoms with E-state index in [1.54, 1.807) is 0 Å². The summed E-state index contributed by atoms with van der Waals surface area (Å²) < 4.78 is 0. The number of nitrogens with zero attached hydrogens (tertiary/aromatic N) is 2. The van der Waals surface area contributed by atoms with Gasteiger partial charge < -0.3 is 15.5 Å². The third-order valence-corrected chi connectivity index (χ3v) is 4.83. The lowest BCUT2D eigenvalue weighted by atomic mass is 9.96. The number of carbonyl (C=O) groups is 1. The summed E-state index contributed by atoms with van der Waals surface area (Å²) >= 11 is 0. The van der Waals surface area contributed by atoms with E-state index in [1.165, 1.54) is 0 Å². The van der Waals surface area contributed by atoms with Gasteiger partial charge in [0.15, 0.2) is 0 Å². The van der Waals surface area contributed by atoms with Crippen LogP contribution in [0.5, 0.6) is 0 Å². The van der Waals surface area contributed by atoms with Crippen molar-refractivity contribution >= 4 is 11.7 Å². The second kappa shape index (κ2) is 9.34. The third kappa shape index (κ3) is 5.05. The van der Waals surface area contributed by atoms with Crippen molar-refractivity contribution in [3.05, 3.63) is 59.8 Å². The summed E-state index contributed by atoms with van der Waals surface area (Å²) in [6.07, 6.45) is 2.10. The van der Waals surface area contributed by atoms with E-state index in [2.05, 4.69) is 28.6 Å². The van der Waals surface area contributed by atoms with E-state index in [0.29, 0.717) is 5.92 Å². The molecule has 2 N–H and O–H groups in total. The second-order valence-corrected chi connectivity index (χ2v) is 6.78. The standard InChI is InChI=1S/C21H28N4O/c1-2-23-20-10-6-9-19(24-20)16-22-15-17-11-13-25(14-12-17)21(26)18-7-4-3-5-8-18/h3-10,17,22H,2,11-16H2,1H3,(H,23,24). The molecule has 0 radical (unpaired) electrons. The highest BCUT2D eigenvalue weighted by molar-refractivity contribution is 5.94. The van der Waals surface area contributed by atoms with Crippen LogP contribution in [-0.2, 0) is 6.54 Å². The largest absolute Gasteiger partial charge is 0.370 e. The Balaban J connectivity index is 1.40. The minimum Gasteiger partial charge on any atom is -0.370 e. The molecular formula is C21H28N4O. The van der Waals surface area contributed by atoms with Gasteiger partial charge in [0.2, 0.25) is 0 Å². The molecule has 1 aliphatic heterocycles. The first kappa shape index (κ1) is 18.4. The molecule has 2 aromatic rings. The number of nitrogens with one attached hydrogen (secondary N) is 2. The van der Waals surface area contributed by atoms with Crippen molar-refractivity contribution in [3.63, 3.8) is 0 Å². The predicted octanol–water partition coefficient (Wildman–Crippen LogP) is 3.16. The molecule has 3 rings (SSSR count). The van der Waals surface area contributed by atoms with Crippen LogP contribution in [0.3, 0.4) is 0 Å². The highest BCUT2D eigenvalue weighted by Crippen LogP contribution is 2.18. The zero-order chi connectivity index (χ0) is 18.2. The Hall–Kier alpha value is -2.40. The van der Waals surface area contributed by atoms with Crippen LogP contribution in [0.25, 0.3) is 0 Å². The highest BCUT2D eigenvalue weighted by Gasteiger charge is 2.23. The SMILES string of the molecule is CCNc1cccc(CNCC2CCN(C(=O)c3ccccc3)CC2)n1. The van der Waals surface area contributed by atoms with Gasteiger partial charge in [0, 0.05) is 31.7 Å². The normalized spacial score (nSPS) is 15.0. The molecule has 138 valence electrons. The molecule has 1 fully saturated rings. The Labute approximate surface area is 155 Å². The Morgan fingerprint density at radius 2 is 1.88 bits per heavy atom. The quantitative estimate of drug-likeness (QED) is 0.804. The number of hydrogen-bond donors (Lipinski definition) is 2. The Kier molecular flexibility index (Phi) is 6.61. The summed E-state index contributed by atoms with van der Waals surface area (Å²) in [5, 5.41) is 6.76. The van der Waals surface area contributed by atoms with E-state index < -0.39 is 0 Å². The maximum atomic E-state index is 12.5. The summed E-state index contributed by atoms with van der Waals surface area (Å²) in [6, 6.07) is 15.6. The maximum Gasteiger partial charge on any atom is 0.253 e. The molecule has 0 bridgehead atoms. The minimum atomic E-state index is 0.154. The van der Waals surface area contributed by atoms with E-state index in [1.807, 2.05) is 47.4 Å². The van der Waals surface area contributed by atoms with Gasteiger partial charge in [-0.2, -0.15) is 0 Å². The average Bonchev–Trinajstić information content (AvgIpc) is 2.69. The molecule has 0 atom stereocenters. The lowest BCUT2D eigenvalue weighted by molar-refractivity contribution is 0.0690. The molecule has 5 nitrogen and oxygen atoms in total. The van der Waals surface area contributed by atoms with Crippen LogP contribution in [0, 0.1) is 5.92 Å². The van der Waals surface area contributed by atoms with Crippen LogP contribution < -0.4 is 10.6 Å². The van der Waals surface area contributed by atoms with Crippen LogP contribution in [0.4, 0.5) is 5.82 Å². The second-order valence-electron chi connectivity index (χ2n) is 6.78. The number of carbonyl (C=O) groups excluding carboxylic acids is 1. The summed E-state index contributed by atoms with van der Waals surface area (Å²) in [6.45, 7) is 6.39. The third-order valence-electron chi connectivity index (χ3n) is 4.83. The van der Waals surface area contributed by atoms with Crippen molar-refractivity contribution in [2.75, 3.05) is 31.5 Å². The van der Waals surface area contributed by atoms with Gasteiger partial charge in [0.05, 0.1) is 5.69 Å². The van der Waals surface area contributed by atoms with Crippen molar-refractivity contribution < 1.29 is 4.79 Å². The first-order valence-corrected chi connectivity index (χ1v) is 9.51. The molecule has 1 aliphatic rings. The number of benzene rings is 1. The van der Waals surface area contributed by atoms with Crippen molar-refractivity contribution in [2.24, 2.45) is 5.92 Å². The molecule has 26 heavy (non-hydrogen) atoms. The lowest BCUT2D eigenvalue weighted by Crippen LogP contribution is -2.40. The zero-order valence-corrected chi connectivity index (χ0v) is 15.4. The molecule has 0 aliphatic carbocycles. The van der Waals surface area contributed by atoms with Gasteiger partial charge in [-0.25, -0.2) is 4.98 Å². The molecule has 1 aromatic heterocycles. The fourth-order valence-electron chi connectivity index (χ4n) is 3.37. The van der Waals surface area contributed by atoms with Crippen molar-refractivity contribution in [3.8, 4) is 0 Å². The Morgan fingerprint density at radius 1 is 1.12 bits per heavy atom. The number of amides is 1. The predicted molar refractivity (Wildman–Crippen MR) is 105 cm³/mol. The molecule has 1 aromatic carbocycles. The van der Waals surface area contributed by atoms with E-state index >= 15 is 0 Å². The van der Waals surface area contributed by atoms with Crippen LogP contribution in [0.2, 0.25) is 0 Å². The van der Waals surface area contributed by atoms with Gasteiger partial charge in [0.1, 0.15) is 5.82 Å². The van der Waals surface area contributed by atoms with Crippen molar-refractivity contribution in [1.29, 1.82) is 0 Å². The van der Waals surface area contributed by atoms with Gasteiger partial charge in [-0.1, -0.05) is 24.3 Å². The summed E-state index contributed by atoms with van der Waals surface area (Å²) in [5.74, 6) is 1.70. The molecule has 2 heterocycles. The number of pyridine rings is 1. The minimum absolute atomic E-state index is 0.154. The van der Waals surface area contributed by atoms with Crippen LogP contribution in [-0.4, -0.2) is 42.0 Å². The summed E-state index contributed by atoms with van der Waals surface area (Å²) in [7, 11) is 0. The first-order chi connectivity index (χ1) is 12.8. The fraction of sp³-hybridized carbons (Fsp3) is 0.429. The summed E-state index contributed by atoms with van der Waals surface area (Å²) in [4.78, 5) is 19.1. The molecular weight excluding hydrogens is 324 g/mol. The molecule has 5 heteroatoms. The number of piperidine rings is 1. The Bertz CT molecular complexity index is 696. The van der Waals surface area contributed by atoms with E-state index in [9.17, 15) is 4.79 Å². The van der Waals surface area contributed by atoms with Crippen LogP contribution >= 0.6 is 0 Å². The van der Waals surface area contributed by atoms with Crippen LogP contribution in [0.1, 0.15) is 35.8 Å². The zero-order valence-electron chi connectivity index (χ0n) is 15.4. The topological polar surface area (TPSA) is 57.3 Å². The van der Waals surface area contributed by atoms with E-state index in [4.69, 9.17) is 0 Å². The van der Waals surface area contributed by atoms with Crippen LogP contribution in [0.15, 0.2) is 48.5 Å². The average molecular weight is 352 g/mol. The first-order valence-electron chi connectivity index (χ1n) is 9.51. The number of likely N-dealkylation sites (tertiary alicyclic amines) is 1. The molecule has 0 unspecified atom stereocenters. The number of aromatic nitrogens is 1.